The average molecular weight is 262 g/mol. The molecule has 0 aliphatic heterocycles. The molecule has 18 heavy (non-hydrogen) atoms. The van der Waals surface area contributed by atoms with Crippen LogP contribution in [0.2, 0.25) is 0 Å². The van der Waals surface area contributed by atoms with Crippen molar-refractivity contribution in [2.45, 2.75) is 19.4 Å². The van der Waals surface area contributed by atoms with E-state index in [0.717, 1.165) is 24.2 Å². The summed E-state index contributed by atoms with van der Waals surface area (Å²) in [6.45, 7) is 0.976. The van der Waals surface area contributed by atoms with Gasteiger partial charge in [0, 0.05) is 18.3 Å². The summed E-state index contributed by atoms with van der Waals surface area (Å²) in [6.07, 6.45) is 9.94. The Morgan fingerprint density at radius 1 is 1.39 bits per heavy atom. The molecule has 5 heteroatoms. The van der Waals surface area contributed by atoms with Gasteiger partial charge in [0.25, 0.3) is 0 Å². The van der Waals surface area contributed by atoms with Crippen molar-refractivity contribution in [3.8, 4) is 11.3 Å². The molecule has 0 bridgehead atoms. The van der Waals surface area contributed by atoms with Gasteiger partial charge in [-0.1, -0.05) is 0 Å². The average Bonchev–Trinajstić information content (AvgIpc) is 2.83. The van der Waals surface area contributed by atoms with Crippen LogP contribution < -0.4 is 5.73 Å². The third-order valence-corrected chi connectivity index (χ3v) is 3.52. The molecular formula is C13H18N4S. The van der Waals surface area contributed by atoms with Crippen LogP contribution in [0.25, 0.3) is 11.3 Å². The second kappa shape index (κ2) is 6.44. The zero-order valence-electron chi connectivity index (χ0n) is 10.5. The Morgan fingerprint density at radius 2 is 2.28 bits per heavy atom. The Morgan fingerprint density at radius 3 is 3.06 bits per heavy atom. The maximum absolute atomic E-state index is 5.90. The summed E-state index contributed by atoms with van der Waals surface area (Å²) < 4.78 is 2.15. The lowest BCUT2D eigenvalue weighted by atomic mass is 10.2. The van der Waals surface area contributed by atoms with Crippen LogP contribution in [0.4, 0.5) is 5.82 Å². The van der Waals surface area contributed by atoms with Gasteiger partial charge in [-0.2, -0.15) is 11.8 Å². The molecule has 2 rings (SSSR count). The smallest absolute Gasteiger partial charge is 0.132 e. The van der Waals surface area contributed by atoms with E-state index in [9.17, 15) is 0 Å². The van der Waals surface area contributed by atoms with Gasteiger partial charge in [-0.15, -0.1) is 0 Å². The molecule has 0 unspecified atom stereocenters. The van der Waals surface area contributed by atoms with E-state index >= 15 is 0 Å². The van der Waals surface area contributed by atoms with E-state index in [1.54, 1.807) is 6.20 Å². The molecule has 2 aromatic heterocycles. The van der Waals surface area contributed by atoms with Crippen LogP contribution in [0, 0.1) is 0 Å². The first-order chi connectivity index (χ1) is 8.83. The molecular weight excluding hydrogens is 244 g/mol. The molecule has 0 fully saturated rings. The number of nitrogen functional groups attached to an aromatic ring is 1. The van der Waals surface area contributed by atoms with Crippen molar-refractivity contribution >= 4 is 17.6 Å². The second-order valence-corrected chi connectivity index (χ2v) is 5.09. The molecule has 0 aliphatic carbocycles. The lowest BCUT2D eigenvalue weighted by Crippen LogP contribution is -2.01. The summed E-state index contributed by atoms with van der Waals surface area (Å²) in [7, 11) is 0. The fourth-order valence-corrected chi connectivity index (χ4v) is 2.38. The van der Waals surface area contributed by atoms with E-state index in [1.807, 2.05) is 36.4 Å². The quantitative estimate of drug-likeness (QED) is 0.813. The van der Waals surface area contributed by atoms with Crippen molar-refractivity contribution < 1.29 is 0 Å². The van der Waals surface area contributed by atoms with Gasteiger partial charge < -0.3 is 10.3 Å². The number of aryl methyl sites for hydroxylation is 1. The number of unbranched alkanes of at least 4 members (excludes halogenated alkanes) is 1. The molecule has 0 amide bonds. The third-order valence-electron chi connectivity index (χ3n) is 2.82. The summed E-state index contributed by atoms with van der Waals surface area (Å²) in [6, 6.07) is 3.88. The van der Waals surface area contributed by atoms with Crippen molar-refractivity contribution in [3.63, 3.8) is 0 Å². The van der Waals surface area contributed by atoms with Crippen molar-refractivity contribution in [1.82, 2.24) is 14.5 Å². The van der Waals surface area contributed by atoms with Crippen molar-refractivity contribution in [2.75, 3.05) is 17.7 Å². The van der Waals surface area contributed by atoms with Gasteiger partial charge in [0.2, 0.25) is 0 Å². The Hall–Kier alpha value is -1.49. The lowest BCUT2D eigenvalue weighted by molar-refractivity contribution is 0.639. The summed E-state index contributed by atoms with van der Waals surface area (Å²) in [5.41, 5.74) is 7.91. The zero-order valence-corrected chi connectivity index (χ0v) is 11.4. The van der Waals surface area contributed by atoms with Crippen LogP contribution in [-0.4, -0.2) is 26.5 Å². The first kappa shape index (κ1) is 13.0. The van der Waals surface area contributed by atoms with Gasteiger partial charge in [-0.05, 0) is 37.0 Å². The fourth-order valence-electron chi connectivity index (χ4n) is 1.89. The van der Waals surface area contributed by atoms with Gasteiger partial charge in [0.05, 0.1) is 18.2 Å². The summed E-state index contributed by atoms with van der Waals surface area (Å²) in [4.78, 5) is 8.33. The van der Waals surface area contributed by atoms with Gasteiger partial charge in [0.1, 0.15) is 5.82 Å². The molecule has 2 N–H and O–H groups in total. The van der Waals surface area contributed by atoms with Gasteiger partial charge in [-0.25, -0.2) is 9.97 Å². The minimum absolute atomic E-state index is 0.559. The van der Waals surface area contributed by atoms with Crippen LogP contribution in [0.5, 0.6) is 0 Å². The molecule has 0 saturated carbocycles. The summed E-state index contributed by atoms with van der Waals surface area (Å²) in [5.74, 6) is 1.77. The van der Waals surface area contributed by atoms with E-state index in [-0.39, 0.29) is 0 Å². The summed E-state index contributed by atoms with van der Waals surface area (Å²) >= 11 is 1.89. The first-order valence-electron chi connectivity index (χ1n) is 6.03. The Bertz CT molecular complexity index is 495. The van der Waals surface area contributed by atoms with Gasteiger partial charge in [-0.3, -0.25) is 0 Å². The molecule has 2 heterocycles. The maximum atomic E-state index is 5.90. The Kier molecular flexibility index (Phi) is 4.64. The van der Waals surface area contributed by atoms with Crippen LogP contribution >= 0.6 is 11.8 Å². The Labute approximate surface area is 112 Å². The SMILES string of the molecule is CSCCCCn1cncc1-c1cccnc1N. The molecule has 2 aromatic rings. The predicted octanol–water partition coefficient (Wildman–Crippen LogP) is 2.67. The highest BCUT2D eigenvalue weighted by molar-refractivity contribution is 7.98. The summed E-state index contributed by atoms with van der Waals surface area (Å²) in [5, 5.41) is 0. The molecule has 96 valence electrons. The monoisotopic (exact) mass is 262 g/mol. The molecule has 0 aromatic carbocycles. The number of hydrogen-bond acceptors (Lipinski definition) is 4. The zero-order chi connectivity index (χ0) is 12.8. The minimum Gasteiger partial charge on any atom is -0.383 e. The van der Waals surface area contributed by atoms with Crippen molar-refractivity contribution in [2.24, 2.45) is 0 Å². The number of pyridine rings is 1. The second-order valence-electron chi connectivity index (χ2n) is 4.11. The standard InChI is InChI=1S/C13H18N4S/c1-18-8-3-2-7-17-10-15-9-12(17)11-5-4-6-16-13(11)14/h4-6,9-10H,2-3,7-8H2,1H3,(H2,14,16). The molecule has 0 spiro atoms. The number of thioether (sulfide) groups is 1. The van der Waals surface area contributed by atoms with Crippen LogP contribution in [0.3, 0.4) is 0 Å². The minimum atomic E-state index is 0.559. The normalized spacial score (nSPS) is 10.7. The first-order valence-corrected chi connectivity index (χ1v) is 7.42. The van der Waals surface area contributed by atoms with Gasteiger partial charge >= 0.3 is 0 Å². The van der Waals surface area contributed by atoms with Crippen LogP contribution in [0.1, 0.15) is 12.8 Å². The Balaban J connectivity index is 2.10. The number of rotatable bonds is 6. The van der Waals surface area contributed by atoms with Crippen LogP contribution in [-0.2, 0) is 6.54 Å². The maximum Gasteiger partial charge on any atom is 0.132 e. The van der Waals surface area contributed by atoms with Crippen molar-refractivity contribution in [3.05, 3.63) is 30.9 Å². The van der Waals surface area contributed by atoms with Crippen LogP contribution in [0.15, 0.2) is 30.9 Å². The van der Waals surface area contributed by atoms with E-state index in [0.29, 0.717) is 5.82 Å². The highest BCUT2D eigenvalue weighted by Crippen LogP contribution is 2.23. The highest BCUT2D eigenvalue weighted by atomic mass is 32.2. The number of aromatic nitrogens is 3. The topological polar surface area (TPSA) is 56.7 Å². The van der Waals surface area contributed by atoms with E-state index in [1.165, 1.54) is 12.2 Å². The van der Waals surface area contributed by atoms with E-state index in [4.69, 9.17) is 5.73 Å². The molecule has 0 saturated heterocycles. The number of nitrogens with two attached hydrogens (primary N) is 1. The number of hydrogen-bond donors (Lipinski definition) is 1. The molecule has 0 aliphatic rings. The number of imidazole rings is 1. The lowest BCUT2D eigenvalue weighted by Gasteiger charge is -2.09. The van der Waals surface area contributed by atoms with E-state index in [2.05, 4.69) is 20.8 Å². The third kappa shape index (κ3) is 3.04. The number of anilines is 1. The highest BCUT2D eigenvalue weighted by Gasteiger charge is 2.08. The fraction of sp³-hybridized carbons (Fsp3) is 0.385. The van der Waals surface area contributed by atoms with E-state index < -0.39 is 0 Å². The molecule has 4 nitrogen and oxygen atoms in total. The number of nitrogens with zero attached hydrogens (tertiary/aromatic N) is 3. The molecule has 0 radical (unpaired) electrons. The van der Waals surface area contributed by atoms with Crippen molar-refractivity contribution in [1.29, 1.82) is 0 Å². The largest absolute Gasteiger partial charge is 0.383 e. The molecule has 0 atom stereocenters. The predicted molar refractivity (Wildman–Crippen MR) is 77.5 cm³/mol. The van der Waals surface area contributed by atoms with Gasteiger partial charge in [0.15, 0.2) is 0 Å².